The summed E-state index contributed by atoms with van der Waals surface area (Å²) < 4.78 is 14.1. The molecule has 1 aromatic carbocycles. The predicted molar refractivity (Wildman–Crippen MR) is 131 cm³/mol. The second-order valence-corrected chi connectivity index (χ2v) is 9.86. The number of aromatic nitrogens is 4. The average molecular weight is 489 g/mol. The lowest BCUT2D eigenvalue weighted by Gasteiger charge is -2.40. The fraction of sp³-hybridized carbons (Fsp3) is 0.565. The lowest BCUT2D eigenvalue weighted by Crippen LogP contribution is -2.55. The highest BCUT2D eigenvalue weighted by molar-refractivity contribution is 7.99. The molecule has 11 heteroatoms. The van der Waals surface area contributed by atoms with Crippen molar-refractivity contribution in [1.29, 1.82) is 0 Å². The van der Waals surface area contributed by atoms with Crippen LogP contribution < -0.4 is 10.9 Å². The number of carbonyl (C=O) groups excluding carboxylic acids is 1. The maximum atomic E-state index is 13.1. The standard InChI is InChI=1S/C23H32N6O4S/c1-23(2,27-10-13-33-14-11-27)16-24-19(30)15-34-22-26-25-21-28(9-6-12-32-3)20(31)17-7-4-5-8-18(17)29(21)22/h4-5,7-8H,6,9-16H2,1-3H3,(H,24,30). The number of aryl methyl sites for hydroxylation is 1. The smallest absolute Gasteiger partial charge is 0.262 e. The molecule has 0 aliphatic carbocycles. The van der Waals surface area contributed by atoms with Crippen molar-refractivity contribution >= 4 is 34.3 Å². The van der Waals surface area contributed by atoms with Crippen molar-refractivity contribution in [2.24, 2.45) is 0 Å². The van der Waals surface area contributed by atoms with Crippen LogP contribution in [0.4, 0.5) is 0 Å². The van der Waals surface area contributed by atoms with Crippen molar-refractivity contribution in [2.75, 3.05) is 52.3 Å². The molecule has 34 heavy (non-hydrogen) atoms. The molecule has 3 aromatic rings. The molecule has 3 heterocycles. The summed E-state index contributed by atoms with van der Waals surface area (Å²) in [6.07, 6.45) is 0.682. The first-order chi connectivity index (χ1) is 16.4. The van der Waals surface area contributed by atoms with Crippen molar-refractivity contribution in [2.45, 2.75) is 37.5 Å². The van der Waals surface area contributed by atoms with Gasteiger partial charge >= 0.3 is 0 Å². The molecule has 1 saturated heterocycles. The molecule has 0 radical (unpaired) electrons. The van der Waals surface area contributed by atoms with Crippen LogP contribution in [-0.4, -0.2) is 87.8 Å². The van der Waals surface area contributed by atoms with Gasteiger partial charge in [-0.15, -0.1) is 10.2 Å². The van der Waals surface area contributed by atoms with Gasteiger partial charge in [-0.3, -0.25) is 23.5 Å². The first kappa shape index (κ1) is 24.6. The van der Waals surface area contributed by atoms with Crippen LogP contribution in [0.25, 0.3) is 16.7 Å². The summed E-state index contributed by atoms with van der Waals surface area (Å²) in [5.74, 6) is 0.605. The van der Waals surface area contributed by atoms with Gasteiger partial charge in [0.1, 0.15) is 0 Å². The summed E-state index contributed by atoms with van der Waals surface area (Å²) in [5.41, 5.74) is 0.471. The summed E-state index contributed by atoms with van der Waals surface area (Å²) in [4.78, 5) is 28.1. The largest absolute Gasteiger partial charge is 0.385 e. The van der Waals surface area contributed by atoms with Crippen LogP contribution in [0, 0.1) is 0 Å². The maximum Gasteiger partial charge on any atom is 0.262 e. The molecule has 1 aliphatic heterocycles. The van der Waals surface area contributed by atoms with Crippen LogP contribution in [0.15, 0.2) is 34.2 Å². The molecule has 4 rings (SSSR count). The molecule has 0 unspecified atom stereocenters. The lowest BCUT2D eigenvalue weighted by atomic mass is 10.0. The molecule has 0 spiro atoms. The van der Waals surface area contributed by atoms with Crippen LogP contribution >= 0.6 is 11.8 Å². The molecule has 1 amide bonds. The number of carbonyl (C=O) groups is 1. The first-order valence-corrected chi connectivity index (χ1v) is 12.5. The average Bonchev–Trinajstić information content (AvgIpc) is 3.28. The molecule has 2 aromatic heterocycles. The number of methoxy groups -OCH3 is 1. The molecular formula is C23H32N6O4S. The van der Waals surface area contributed by atoms with E-state index in [2.05, 4.69) is 34.3 Å². The van der Waals surface area contributed by atoms with E-state index < -0.39 is 0 Å². The number of thioether (sulfide) groups is 1. The molecule has 1 N–H and O–H groups in total. The molecule has 10 nitrogen and oxygen atoms in total. The molecule has 0 atom stereocenters. The zero-order chi connectivity index (χ0) is 24.1. The Hall–Kier alpha value is -2.47. The fourth-order valence-corrected chi connectivity index (χ4v) is 4.94. The van der Waals surface area contributed by atoms with Gasteiger partial charge in [-0.2, -0.15) is 0 Å². The van der Waals surface area contributed by atoms with E-state index in [1.807, 2.05) is 22.6 Å². The van der Waals surface area contributed by atoms with Crippen LogP contribution in [0.3, 0.4) is 0 Å². The van der Waals surface area contributed by atoms with Gasteiger partial charge in [-0.1, -0.05) is 23.9 Å². The number of fused-ring (bicyclic) bond motifs is 3. The van der Waals surface area contributed by atoms with Crippen LogP contribution in [0.2, 0.25) is 0 Å². The normalized spacial score (nSPS) is 15.3. The van der Waals surface area contributed by atoms with Crippen molar-refractivity contribution in [3.05, 3.63) is 34.6 Å². The Morgan fingerprint density at radius 3 is 2.76 bits per heavy atom. The third-order valence-electron chi connectivity index (χ3n) is 6.13. The third kappa shape index (κ3) is 5.27. The SMILES string of the molecule is COCCCn1c(=O)c2ccccc2n2c(SCC(=O)NCC(C)(C)N3CCOCC3)nnc12. The van der Waals surface area contributed by atoms with E-state index in [1.165, 1.54) is 11.8 Å². The molecular weight excluding hydrogens is 456 g/mol. The second-order valence-electron chi connectivity index (χ2n) is 8.92. The number of para-hydroxylation sites is 1. The number of nitrogens with zero attached hydrogens (tertiary/aromatic N) is 5. The van der Waals surface area contributed by atoms with E-state index in [9.17, 15) is 9.59 Å². The Kier molecular flexibility index (Phi) is 7.87. The Labute approximate surface area is 202 Å². The topological polar surface area (TPSA) is 103 Å². The number of hydrogen-bond acceptors (Lipinski definition) is 8. The highest BCUT2D eigenvalue weighted by Crippen LogP contribution is 2.22. The third-order valence-corrected chi connectivity index (χ3v) is 7.06. The summed E-state index contributed by atoms with van der Waals surface area (Å²) in [6, 6.07) is 7.40. The van der Waals surface area contributed by atoms with Crippen LogP contribution in [0.1, 0.15) is 20.3 Å². The fourth-order valence-electron chi connectivity index (χ4n) is 4.17. The summed E-state index contributed by atoms with van der Waals surface area (Å²) >= 11 is 1.31. The summed E-state index contributed by atoms with van der Waals surface area (Å²) in [7, 11) is 1.64. The van der Waals surface area contributed by atoms with Gasteiger partial charge in [-0.25, -0.2) is 0 Å². The molecule has 1 aliphatic rings. The van der Waals surface area contributed by atoms with Crippen molar-refractivity contribution in [3.63, 3.8) is 0 Å². The van der Waals surface area contributed by atoms with E-state index in [0.29, 0.717) is 42.4 Å². The van der Waals surface area contributed by atoms with Crippen molar-refractivity contribution in [3.8, 4) is 0 Å². The Balaban J connectivity index is 1.50. The number of morpholine rings is 1. The highest BCUT2D eigenvalue weighted by Gasteiger charge is 2.28. The number of benzene rings is 1. The zero-order valence-electron chi connectivity index (χ0n) is 20.0. The minimum Gasteiger partial charge on any atom is -0.385 e. The molecule has 0 bridgehead atoms. The van der Waals surface area contributed by atoms with E-state index in [-0.39, 0.29) is 22.8 Å². The summed E-state index contributed by atoms with van der Waals surface area (Å²) in [6.45, 7) is 9.00. The second kappa shape index (κ2) is 10.9. The van der Waals surface area contributed by atoms with Crippen LogP contribution in [-0.2, 0) is 20.8 Å². The minimum atomic E-state index is -0.153. The van der Waals surface area contributed by atoms with Crippen molar-refractivity contribution in [1.82, 2.24) is 29.4 Å². The molecule has 184 valence electrons. The minimum absolute atomic E-state index is 0.0687. The molecule has 1 fully saturated rings. The van der Waals surface area contributed by atoms with E-state index in [4.69, 9.17) is 9.47 Å². The number of amides is 1. The number of ether oxygens (including phenoxy) is 2. The Morgan fingerprint density at radius 1 is 1.24 bits per heavy atom. The monoisotopic (exact) mass is 488 g/mol. The lowest BCUT2D eigenvalue weighted by molar-refractivity contribution is -0.119. The predicted octanol–water partition coefficient (Wildman–Crippen LogP) is 1.40. The highest BCUT2D eigenvalue weighted by atomic mass is 32.2. The Morgan fingerprint density at radius 2 is 2.00 bits per heavy atom. The van der Waals surface area contributed by atoms with E-state index in [1.54, 1.807) is 17.7 Å². The quantitative estimate of drug-likeness (QED) is 0.338. The van der Waals surface area contributed by atoms with E-state index in [0.717, 1.165) is 31.8 Å². The number of nitrogens with one attached hydrogen (secondary N) is 1. The van der Waals surface area contributed by atoms with Gasteiger partial charge < -0.3 is 14.8 Å². The number of rotatable bonds is 10. The van der Waals surface area contributed by atoms with Crippen molar-refractivity contribution < 1.29 is 14.3 Å². The zero-order valence-corrected chi connectivity index (χ0v) is 20.8. The van der Waals surface area contributed by atoms with Gasteiger partial charge in [0.15, 0.2) is 5.16 Å². The van der Waals surface area contributed by atoms with Gasteiger partial charge in [0.25, 0.3) is 5.56 Å². The van der Waals surface area contributed by atoms with Crippen LogP contribution in [0.5, 0.6) is 0 Å². The summed E-state index contributed by atoms with van der Waals surface area (Å²) in [5, 5.41) is 12.8. The van der Waals surface area contributed by atoms with E-state index >= 15 is 0 Å². The maximum absolute atomic E-state index is 13.1. The molecule has 0 saturated carbocycles. The van der Waals surface area contributed by atoms with Gasteiger partial charge in [0, 0.05) is 45.4 Å². The first-order valence-electron chi connectivity index (χ1n) is 11.5. The number of hydrogen-bond donors (Lipinski definition) is 1. The van der Waals surface area contributed by atoms with Gasteiger partial charge in [0.2, 0.25) is 11.7 Å². The van der Waals surface area contributed by atoms with Gasteiger partial charge in [-0.05, 0) is 32.4 Å². The Bertz CT molecular complexity index is 1200. The van der Waals surface area contributed by atoms with Gasteiger partial charge in [0.05, 0.1) is 29.9 Å².